The van der Waals surface area contributed by atoms with Crippen molar-refractivity contribution in [2.24, 2.45) is 0 Å². The fraction of sp³-hybridized carbons (Fsp3) is 0.0556. The summed E-state index contributed by atoms with van der Waals surface area (Å²) < 4.78 is 0. The van der Waals surface area contributed by atoms with E-state index in [1.165, 1.54) is 0 Å². The molecule has 2 heteroatoms. The molecule has 0 spiro atoms. The first-order chi connectivity index (χ1) is 9.78. The maximum absolute atomic E-state index is 11.5. The molecule has 0 radical (unpaired) electrons. The van der Waals surface area contributed by atoms with Gasteiger partial charge in [0.2, 0.25) is 0 Å². The quantitative estimate of drug-likeness (QED) is 0.727. The number of rotatable bonds is 3. The van der Waals surface area contributed by atoms with E-state index in [0.29, 0.717) is 0 Å². The van der Waals surface area contributed by atoms with Crippen molar-refractivity contribution < 1.29 is 9.90 Å². The van der Waals surface area contributed by atoms with Crippen LogP contribution in [0.4, 0.5) is 0 Å². The summed E-state index contributed by atoms with van der Waals surface area (Å²) in [5.41, 5.74) is 1.84. The molecule has 1 N–H and O–H groups in total. The Morgan fingerprint density at radius 3 is 2.15 bits per heavy atom. The van der Waals surface area contributed by atoms with E-state index in [2.05, 4.69) is 6.07 Å². The first-order valence-corrected chi connectivity index (χ1v) is 6.51. The second-order valence-corrected chi connectivity index (χ2v) is 4.81. The minimum absolute atomic E-state index is 0.205. The van der Waals surface area contributed by atoms with Gasteiger partial charge in [0, 0.05) is 0 Å². The highest BCUT2D eigenvalue weighted by Gasteiger charge is 2.13. The highest BCUT2D eigenvalue weighted by molar-refractivity contribution is 5.84. The van der Waals surface area contributed by atoms with E-state index in [4.69, 9.17) is 0 Å². The number of phenols is 1. The molecular formula is C18H14O2. The lowest BCUT2D eigenvalue weighted by atomic mass is 9.91. The van der Waals surface area contributed by atoms with E-state index >= 15 is 0 Å². The van der Waals surface area contributed by atoms with Crippen molar-refractivity contribution in [3.05, 3.63) is 77.9 Å². The summed E-state index contributed by atoms with van der Waals surface area (Å²) in [7, 11) is 0. The van der Waals surface area contributed by atoms with E-state index in [9.17, 15) is 9.90 Å². The molecule has 0 aromatic heterocycles. The van der Waals surface area contributed by atoms with Crippen molar-refractivity contribution in [3.8, 4) is 5.75 Å². The summed E-state index contributed by atoms with van der Waals surface area (Å²) in [5.74, 6) is -0.0999. The van der Waals surface area contributed by atoms with Gasteiger partial charge in [-0.2, -0.15) is 0 Å². The van der Waals surface area contributed by atoms with E-state index in [1.54, 1.807) is 24.3 Å². The van der Waals surface area contributed by atoms with Gasteiger partial charge in [0.05, 0.1) is 5.92 Å². The zero-order chi connectivity index (χ0) is 13.9. The summed E-state index contributed by atoms with van der Waals surface area (Å²) in [6.45, 7) is 0. The van der Waals surface area contributed by atoms with Crippen molar-refractivity contribution in [2.45, 2.75) is 5.92 Å². The summed E-state index contributed by atoms with van der Waals surface area (Å²) in [5, 5.41) is 11.6. The summed E-state index contributed by atoms with van der Waals surface area (Å²) in [6.07, 6.45) is 0.941. The minimum Gasteiger partial charge on any atom is -0.508 e. The van der Waals surface area contributed by atoms with Gasteiger partial charge in [0.1, 0.15) is 12.0 Å². The van der Waals surface area contributed by atoms with Crippen LogP contribution < -0.4 is 0 Å². The van der Waals surface area contributed by atoms with Crippen LogP contribution in [0.15, 0.2) is 66.7 Å². The van der Waals surface area contributed by atoms with E-state index in [-0.39, 0.29) is 11.7 Å². The van der Waals surface area contributed by atoms with Crippen molar-refractivity contribution in [3.63, 3.8) is 0 Å². The molecule has 3 aromatic carbocycles. The van der Waals surface area contributed by atoms with Crippen LogP contribution in [-0.2, 0) is 4.79 Å². The molecule has 0 bridgehead atoms. The summed E-state index contributed by atoms with van der Waals surface area (Å²) in [4.78, 5) is 11.5. The van der Waals surface area contributed by atoms with Crippen LogP contribution in [-0.4, -0.2) is 11.4 Å². The van der Waals surface area contributed by atoms with Gasteiger partial charge in [-0.1, -0.05) is 54.6 Å². The fourth-order valence-corrected chi connectivity index (χ4v) is 2.43. The summed E-state index contributed by atoms with van der Waals surface area (Å²) >= 11 is 0. The van der Waals surface area contributed by atoms with Crippen LogP contribution in [0, 0.1) is 0 Å². The van der Waals surface area contributed by atoms with E-state index in [1.807, 2.05) is 36.4 Å². The largest absolute Gasteiger partial charge is 0.508 e. The van der Waals surface area contributed by atoms with Gasteiger partial charge in [0.25, 0.3) is 0 Å². The van der Waals surface area contributed by atoms with Gasteiger partial charge < -0.3 is 9.90 Å². The molecule has 20 heavy (non-hydrogen) atoms. The average molecular weight is 262 g/mol. The Labute approximate surface area is 117 Å². The molecule has 1 unspecified atom stereocenters. The number of carbonyl (C=O) groups is 1. The molecule has 0 aliphatic carbocycles. The van der Waals surface area contributed by atoms with Crippen LogP contribution in [0.3, 0.4) is 0 Å². The number of aromatic hydroxyl groups is 1. The lowest BCUT2D eigenvalue weighted by Gasteiger charge is -2.12. The average Bonchev–Trinajstić information content (AvgIpc) is 2.50. The molecule has 0 heterocycles. The van der Waals surface area contributed by atoms with Gasteiger partial charge >= 0.3 is 0 Å². The molecular weight excluding hydrogens is 248 g/mol. The van der Waals surface area contributed by atoms with E-state index in [0.717, 1.165) is 28.2 Å². The minimum atomic E-state index is -0.305. The predicted octanol–water partition coefficient (Wildman–Crippen LogP) is 3.88. The second-order valence-electron chi connectivity index (χ2n) is 4.81. The van der Waals surface area contributed by atoms with Crippen molar-refractivity contribution in [1.82, 2.24) is 0 Å². The van der Waals surface area contributed by atoms with Gasteiger partial charge in [-0.05, 0) is 34.0 Å². The molecule has 3 aromatic rings. The Balaban J connectivity index is 2.06. The van der Waals surface area contributed by atoms with Crippen molar-refractivity contribution in [1.29, 1.82) is 0 Å². The normalized spacial score (nSPS) is 12.2. The number of benzene rings is 3. The topological polar surface area (TPSA) is 37.3 Å². The third kappa shape index (κ3) is 2.28. The zero-order valence-corrected chi connectivity index (χ0v) is 10.9. The standard InChI is InChI=1S/C18H14O2/c19-12-18(14-7-9-17(20)10-8-14)16-6-5-13-3-1-2-4-15(13)11-16/h1-12,18,20H. The Kier molecular flexibility index (Phi) is 3.21. The fourth-order valence-electron chi connectivity index (χ4n) is 2.43. The third-order valence-corrected chi connectivity index (χ3v) is 3.52. The Morgan fingerprint density at radius 2 is 1.45 bits per heavy atom. The molecule has 98 valence electrons. The second kappa shape index (κ2) is 5.17. The van der Waals surface area contributed by atoms with Gasteiger partial charge in [-0.15, -0.1) is 0 Å². The Bertz CT molecular complexity index is 745. The molecule has 1 atom stereocenters. The Morgan fingerprint density at radius 1 is 0.800 bits per heavy atom. The number of aldehydes is 1. The van der Waals surface area contributed by atoms with Crippen molar-refractivity contribution >= 4 is 17.1 Å². The first-order valence-electron chi connectivity index (χ1n) is 6.51. The molecule has 3 rings (SSSR count). The monoisotopic (exact) mass is 262 g/mol. The number of hydrogen-bond acceptors (Lipinski definition) is 2. The van der Waals surface area contributed by atoms with E-state index < -0.39 is 0 Å². The number of phenolic OH excluding ortho intramolecular Hbond substituents is 1. The molecule has 0 saturated carbocycles. The number of hydrogen-bond donors (Lipinski definition) is 1. The van der Waals surface area contributed by atoms with Crippen LogP contribution in [0.5, 0.6) is 5.75 Å². The predicted molar refractivity (Wildman–Crippen MR) is 80.0 cm³/mol. The third-order valence-electron chi connectivity index (χ3n) is 3.52. The van der Waals surface area contributed by atoms with Crippen LogP contribution in [0.25, 0.3) is 10.8 Å². The lowest BCUT2D eigenvalue weighted by molar-refractivity contribution is -0.108. The van der Waals surface area contributed by atoms with Crippen LogP contribution in [0.1, 0.15) is 17.0 Å². The molecule has 2 nitrogen and oxygen atoms in total. The lowest BCUT2D eigenvalue weighted by Crippen LogP contribution is -2.02. The zero-order valence-electron chi connectivity index (χ0n) is 10.9. The molecule has 0 saturated heterocycles. The van der Waals surface area contributed by atoms with Gasteiger partial charge in [-0.3, -0.25) is 0 Å². The highest BCUT2D eigenvalue weighted by atomic mass is 16.3. The maximum atomic E-state index is 11.5. The molecule has 0 amide bonds. The SMILES string of the molecule is O=CC(c1ccc(O)cc1)c1ccc2ccccc2c1. The number of fused-ring (bicyclic) bond motifs is 1. The maximum Gasteiger partial charge on any atom is 0.131 e. The van der Waals surface area contributed by atoms with Gasteiger partial charge in [-0.25, -0.2) is 0 Å². The summed E-state index contributed by atoms with van der Waals surface area (Å²) in [6, 6.07) is 20.9. The Hall–Kier alpha value is -2.61. The molecule has 0 aliphatic heterocycles. The highest BCUT2D eigenvalue weighted by Crippen LogP contribution is 2.27. The molecule has 0 aliphatic rings. The van der Waals surface area contributed by atoms with Crippen LogP contribution in [0.2, 0.25) is 0 Å². The van der Waals surface area contributed by atoms with Crippen molar-refractivity contribution in [2.75, 3.05) is 0 Å². The smallest absolute Gasteiger partial charge is 0.131 e. The number of carbonyl (C=O) groups excluding carboxylic acids is 1. The van der Waals surface area contributed by atoms with Crippen LogP contribution >= 0.6 is 0 Å². The molecule has 0 fully saturated rings. The van der Waals surface area contributed by atoms with Gasteiger partial charge in [0.15, 0.2) is 0 Å². The first kappa shape index (κ1) is 12.4.